The third kappa shape index (κ3) is 5.42. The van der Waals surface area contributed by atoms with Gasteiger partial charge in [0.05, 0.1) is 12.2 Å². The lowest BCUT2D eigenvalue weighted by Gasteiger charge is -2.36. The molecule has 1 aliphatic heterocycles. The molecule has 0 N–H and O–H groups in total. The average Bonchev–Trinajstić information content (AvgIpc) is 3.56. The Morgan fingerprint density at radius 1 is 1.16 bits per heavy atom. The van der Waals surface area contributed by atoms with E-state index in [1.165, 1.54) is 17.2 Å². The molecule has 2 fully saturated rings. The first-order valence-corrected chi connectivity index (χ1v) is 11.7. The predicted octanol–water partition coefficient (Wildman–Crippen LogP) is 6.90. The molecule has 4 rings (SSSR count). The van der Waals surface area contributed by atoms with Gasteiger partial charge in [0.15, 0.2) is 0 Å². The van der Waals surface area contributed by atoms with Crippen molar-refractivity contribution in [3.05, 3.63) is 63.4 Å². The summed E-state index contributed by atoms with van der Waals surface area (Å²) in [6.07, 6.45) is 4.14. The number of hydrogen-bond acceptors (Lipinski definition) is 3. The third-order valence-electron chi connectivity index (χ3n) is 6.55. The van der Waals surface area contributed by atoms with Crippen molar-refractivity contribution < 1.29 is 13.9 Å². The molecule has 1 saturated heterocycles. The van der Waals surface area contributed by atoms with Crippen LogP contribution in [0.1, 0.15) is 71.6 Å². The van der Waals surface area contributed by atoms with Crippen LogP contribution in [-0.2, 0) is 0 Å². The molecular weight excluding hydrogens is 436 g/mol. The SMILES string of the molecule is Cc1cc(Cl)cc(C(C)N2CCC(COc3cc(F)c(C(=O)Cl)cc3C3CC3)CC2)c1. The quantitative estimate of drug-likeness (QED) is 0.418. The second-order valence-electron chi connectivity index (χ2n) is 8.95. The zero-order valence-corrected chi connectivity index (χ0v) is 19.5. The first-order valence-electron chi connectivity index (χ1n) is 11.0. The van der Waals surface area contributed by atoms with E-state index >= 15 is 0 Å². The van der Waals surface area contributed by atoms with Crippen LogP contribution in [0.25, 0.3) is 0 Å². The number of carbonyl (C=O) groups is 1. The molecule has 2 aromatic carbocycles. The molecule has 1 unspecified atom stereocenters. The summed E-state index contributed by atoms with van der Waals surface area (Å²) < 4.78 is 20.4. The maximum Gasteiger partial charge on any atom is 0.255 e. The largest absolute Gasteiger partial charge is 0.493 e. The van der Waals surface area contributed by atoms with Gasteiger partial charge >= 0.3 is 0 Å². The van der Waals surface area contributed by atoms with Crippen LogP contribution in [0.5, 0.6) is 5.75 Å². The minimum absolute atomic E-state index is 0.0607. The number of hydrogen-bond donors (Lipinski definition) is 0. The van der Waals surface area contributed by atoms with Crippen LogP contribution >= 0.6 is 23.2 Å². The van der Waals surface area contributed by atoms with Crippen molar-refractivity contribution in [1.82, 2.24) is 4.90 Å². The van der Waals surface area contributed by atoms with Crippen LogP contribution in [-0.4, -0.2) is 29.8 Å². The smallest absolute Gasteiger partial charge is 0.255 e. The molecule has 31 heavy (non-hydrogen) atoms. The van der Waals surface area contributed by atoms with Crippen molar-refractivity contribution in [2.75, 3.05) is 19.7 Å². The van der Waals surface area contributed by atoms with Gasteiger partial charge in [0, 0.05) is 17.1 Å². The molecule has 1 aliphatic carbocycles. The van der Waals surface area contributed by atoms with Crippen molar-refractivity contribution in [1.29, 1.82) is 0 Å². The van der Waals surface area contributed by atoms with E-state index in [1.54, 1.807) is 6.07 Å². The van der Waals surface area contributed by atoms with Crippen molar-refractivity contribution in [2.45, 2.75) is 51.5 Å². The fourth-order valence-electron chi connectivity index (χ4n) is 4.49. The highest BCUT2D eigenvalue weighted by atomic mass is 35.5. The van der Waals surface area contributed by atoms with Crippen molar-refractivity contribution >= 4 is 28.4 Å². The van der Waals surface area contributed by atoms with Gasteiger partial charge in [0.1, 0.15) is 11.6 Å². The van der Waals surface area contributed by atoms with Gasteiger partial charge in [-0.3, -0.25) is 9.69 Å². The second kappa shape index (κ2) is 9.48. The van der Waals surface area contributed by atoms with Crippen LogP contribution in [0, 0.1) is 18.7 Å². The average molecular weight is 464 g/mol. The van der Waals surface area contributed by atoms with E-state index in [4.69, 9.17) is 27.9 Å². The number of ether oxygens (including phenoxy) is 1. The van der Waals surface area contributed by atoms with Crippen molar-refractivity contribution in [2.24, 2.45) is 5.92 Å². The Hall–Kier alpha value is -1.62. The Bertz CT molecular complexity index is 948. The number of aryl methyl sites for hydroxylation is 1. The Morgan fingerprint density at radius 3 is 2.48 bits per heavy atom. The van der Waals surface area contributed by atoms with Crippen LogP contribution in [0.3, 0.4) is 0 Å². The third-order valence-corrected chi connectivity index (χ3v) is 6.97. The topological polar surface area (TPSA) is 29.5 Å². The summed E-state index contributed by atoms with van der Waals surface area (Å²) in [5.41, 5.74) is 3.28. The number of likely N-dealkylation sites (tertiary alicyclic amines) is 1. The molecule has 2 aliphatic rings. The molecular formula is C25H28Cl2FNO2. The molecule has 0 aromatic heterocycles. The van der Waals surface area contributed by atoms with Gasteiger partial charge in [-0.2, -0.15) is 0 Å². The normalized spacial score (nSPS) is 18.7. The Balaban J connectivity index is 1.35. The number of carbonyl (C=O) groups excluding carboxylic acids is 1. The van der Waals surface area contributed by atoms with Gasteiger partial charge in [0.2, 0.25) is 0 Å². The molecule has 1 heterocycles. The number of nitrogens with zero attached hydrogens (tertiary/aromatic N) is 1. The number of halogens is 3. The predicted molar refractivity (Wildman–Crippen MR) is 123 cm³/mol. The monoisotopic (exact) mass is 463 g/mol. The molecule has 1 atom stereocenters. The van der Waals surface area contributed by atoms with Gasteiger partial charge in [-0.15, -0.1) is 0 Å². The van der Waals surface area contributed by atoms with Crippen molar-refractivity contribution in [3.63, 3.8) is 0 Å². The Labute approximate surface area is 193 Å². The maximum atomic E-state index is 14.3. The van der Waals surface area contributed by atoms with Crippen LogP contribution in [0.2, 0.25) is 5.02 Å². The van der Waals surface area contributed by atoms with Crippen molar-refractivity contribution in [3.8, 4) is 5.75 Å². The Kier molecular flexibility index (Phi) is 6.90. The van der Waals surface area contributed by atoms with E-state index in [-0.39, 0.29) is 5.56 Å². The van der Waals surface area contributed by atoms with E-state index < -0.39 is 11.1 Å². The van der Waals surface area contributed by atoms with Crippen LogP contribution in [0.4, 0.5) is 4.39 Å². The Morgan fingerprint density at radius 2 is 1.87 bits per heavy atom. The molecule has 0 spiro atoms. The summed E-state index contributed by atoms with van der Waals surface area (Å²) in [7, 11) is 0. The van der Waals surface area contributed by atoms with E-state index in [0.717, 1.165) is 49.4 Å². The summed E-state index contributed by atoms with van der Waals surface area (Å²) in [5.74, 6) is 0.718. The van der Waals surface area contributed by atoms with E-state index in [9.17, 15) is 9.18 Å². The molecule has 1 saturated carbocycles. The molecule has 3 nitrogen and oxygen atoms in total. The van der Waals surface area contributed by atoms with Gasteiger partial charge < -0.3 is 4.74 Å². The lowest BCUT2D eigenvalue weighted by atomic mass is 9.95. The minimum Gasteiger partial charge on any atom is -0.493 e. The first kappa shape index (κ1) is 22.6. The fourth-order valence-corrected chi connectivity index (χ4v) is 4.93. The lowest BCUT2D eigenvalue weighted by molar-refractivity contribution is 0.107. The highest BCUT2D eigenvalue weighted by Gasteiger charge is 2.30. The van der Waals surface area contributed by atoms with E-state index in [1.807, 2.05) is 6.07 Å². The summed E-state index contributed by atoms with van der Waals surface area (Å²) in [6, 6.07) is 9.47. The van der Waals surface area contributed by atoms with E-state index in [0.29, 0.717) is 30.2 Å². The zero-order valence-electron chi connectivity index (χ0n) is 18.0. The van der Waals surface area contributed by atoms with Crippen LogP contribution in [0.15, 0.2) is 30.3 Å². The molecule has 6 heteroatoms. The highest BCUT2D eigenvalue weighted by Crippen LogP contribution is 2.45. The zero-order chi connectivity index (χ0) is 22.1. The lowest BCUT2D eigenvalue weighted by Crippen LogP contribution is -2.37. The van der Waals surface area contributed by atoms with Gasteiger partial charge in [-0.1, -0.05) is 17.7 Å². The molecule has 0 radical (unpaired) electrons. The van der Waals surface area contributed by atoms with Gasteiger partial charge in [-0.25, -0.2) is 4.39 Å². The minimum atomic E-state index is -0.762. The number of benzene rings is 2. The summed E-state index contributed by atoms with van der Waals surface area (Å²) in [6.45, 7) is 6.84. The van der Waals surface area contributed by atoms with Crippen LogP contribution < -0.4 is 4.74 Å². The molecule has 2 aromatic rings. The standard InChI is InChI=1S/C25H28Cl2FNO2/c1-15-9-19(11-20(26)10-15)16(2)29-7-5-17(6-8-29)14-31-24-13-23(28)22(25(27)30)12-21(24)18-3-4-18/h9-13,16-18H,3-8,14H2,1-2H3. The second-order valence-corrected chi connectivity index (χ2v) is 9.73. The summed E-state index contributed by atoms with van der Waals surface area (Å²) in [5, 5.41) is 0.0214. The molecule has 166 valence electrons. The van der Waals surface area contributed by atoms with Gasteiger partial charge in [-0.05, 0) is 111 Å². The van der Waals surface area contributed by atoms with E-state index in [2.05, 4.69) is 30.9 Å². The first-order chi connectivity index (χ1) is 14.8. The molecule has 0 amide bonds. The summed E-state index contributed by atoms with van der Waals surface area (Å²) in [4.78, 5) is 14.0. The number of piperidine rings is 1. The molecule has 0 bridgehead atoms. The van der Waals surface area contributed by atoms with Gasteiger partial charge in [0.25, 0.3) is 5.24 Å². The maximum absolute atomic E-state index is 14.3. The highest BCUT2D eigenvalue weighted by molar-refractivity contribution is 6.67. The number of rotatable bonds is 7. The fraction of sp³-hybridized carbons (Fsp3) is 0.480. The summed E-state index contributed by atoms with van der Waals surface area (Å²) >= 11 is 11.8.